The van der Waals surface area contributed by atoms with Crippen LogP contribution in [0, 0.1) is 0 Å². The molecule has 1 atom stereocenters. The lowest BCUT2D eigenvalue weighted by atomic mass is 10.1. The summed E-state index contributed by atoms with van der Waals surface area (Å²) in [7, 11) is -1.63. The number of likely N-dealkylation sites (N-methyl/N-ethyl adjacent to an activating group) is 1. The van der Waals surface area contributed by atoms with Gasteiger partial charge in [0, 0.05) is 26.2 Å². The Kier molecular flexibility index (Phi) is 4.09. The van der Waals surface area contributed by atoms with Gasteiger partial charge in [-0.3, -0.25) is 4.79 Å². The topological polar surface area (TPSA) is 57.7 Å². The number of piperidine rings is 1. The van der Waals surface area contributed by atoms with Crippen molar-refractivity contribution in [2.75, 3.05) is 26.4 Å². The van der Waals surface area contributed by atoms with E-state index in [1.54, 1.807) is 11.9 Å². The molecular formula is C10H18N2O3S. The summed E-state index contributed by atoms with van der Waals surface area (Å²) in [6.07, 6.45) is 4.07. The van der Waals surface area contributed by atoms with E-state index in [1.165, 1.54) is 16.6 Å². The molecule has 1 rings (SSSR count). The minimum atomic E-state index is -3.19. The largest absolute Gasteiger partial charge is 0.338 e. The Bertz CT molecular complexity index is 378. The Morgan fingerprint density at radius 1 is 1.56 bits per heavy atom. The van der Waals surface area contributed by atoms with Gasteiger partial charge in [0.15, 0.2) is 0 Å². The molecule has 0 aliphatic carbocycles. The van der Waals surface area contributed by atoms with Crippen molar-refractivity contribution in [3.05, 3.63) is 12.7 Å². The number of carbonyl (C=O) groups is 1. The molecule has 1 amide bonds. The molecule has 1 fully saturated rings. The first kappa shape index (κ1) is 13.2. The number of amides is 1. The van der Waals surface area contributed by atoms with Crippen molar-refractivity contribution in [3.8, 4) is 0 Å². The molecule has 1 unspecified atom stereocenters. The highest BCUT2D eigenvalue weighted by Crippen LogP contribution is 2.16. The van der Waals surface area contributed by atoms with Crippen molar-refractivity contribution in [1.29, 1.82) is 0 Å². The second-order valence-electron chi connectivity index (χ2n) is 4.06. The first-order valence-corrected chi connectivity index (χ1v) is 7.05. The maximum Gasteiger partial charge on any atom is 0.246 e. The van der Waals surface area contributed by atoms with Gasteiger partial charge in [-0.2, -0.15) is 0 Å². The quantitative estimate of drug-likeness (QED) is 0.661. The molecule has 0 aromatic rings. The molecule has 1 saturated heterocycles. The predicted octanol–water partition coefficient (Wildman–Crippen LogP) is 0.0548. The highest BCUT2D eigenvalue weighted by atomic mass is 32.2. The summed E-state index contributed by atoms with van der Waals surface area (Å²) < 4.78 is 24.1. The van der Waals surface area contributed by atoms with E-state index in [-0.39, 0.29) is 11.9 Å². The highest BCUT2D eigenvalue weighted by Gasteiger charge is 2.28. The zero-order chi connectivity index (χ0) is 12.3. The number of rotatable bonds is 3. The fraction of sp³-hybridized carbons (Fsp3) is 0.700. The van der Waals surface area contributed by atoms with Gasteiger partial charge in [-0.1, -0.05) is 6.58 Å². The summed E-state index contributed by atoms with van der Waals surface area (Å²) in [5.74, 6) is -0.133. The van der Waals surface area contributed by atoms with Crippen LogP contribution in [0.5, 0.6) is 0 Å². The molecule has 5 nitrogen and oxygen atoms in total. The van der Waals surface area contributed by atoms with Gasteiger partial charge in [-0.15, -0.1) is 0 Å². The van der Waals surface area contributed by atoms with Crippen LogP contribution in [0.2, 0.25) is 0 Å². The van der Waals surface area contributed by atoms with E-state index in [4.69, 9.17) is 0 Å². The van der Waals surface area contributed by atoms with Crippen LogP contribution in [-0.2, 0) is 14.8 Å². The molecule has 1 heterocycles. The van der Waals surface area contributed by atoms with E-state index < -0.39 is 10.0 Å². The molecule has 0 aromatic heterocycles. The third kappa shape index (κ3) is 3.05. The first-order valence-electron chi connectivity index (χ1n) is 5.20. The fourth-order valence-electron chi connectivity index (χ4n) is 1.85. The molecule has 1 aliphatic heterocycles. The van der Waals surface area contributed by atoms with Crippen LogP contribution in [0.25, 0.3) is 0 Å². The Morgan fingerprint density at radius 3 is 2.69 bits per heavy atom. The Morgan fingerprint density at radius 2 is 2.19 bits per heavy atom. The molecule has 0 aromatic carbocycles. The van der Waals surface area contributed by atoms with Crippen LogP contribution in [0.4, 0.5) is 0 Å². The van der Waals surface area contributed by atoms with Gasteiger partial charge in [-0.25, -0.2) is 12.7 Å². The van der Waals surface area contributed by atoms with Gasteiger partial charge in [0.05, 0.1) is 6.26 Å². The Labute approximate surface area is 96.8 Å². The van der Waals surface area contributed by atoms with Gasteiger partial charge < -0.3 is 4.90 Å². The summed E-state index contributed by atoms with van der Waals surface area (Å²) in [6.45, 7) is 4.56. The van der Waals surface area contributed by atoms with Crippen LogP contribution in [-0.4, -0.2) is 56.0 Å². The van der Waals surface area contributed by atoms with Crippen LogP contribution >= 0.6 is 0 Å². The number of hydrogen-bond acceptors (Lipinski definition) is 3. The standard InChI is InChI=1S/C10H18N2O3S/c1-4-10(13)12-7-5-6-9(8-12)11(2)16(3,14)15/h4,9H,1,5-8H2,2-3H3. The lowest BCUT2D eigenvalue weighted by molar-refractivity contribution is -0.127. The van der Waals surface area contributed by atoms with Crippen LogP contribution in [0.15, 0.2) is 12.7 Å². The zero-order valence-corrected chi connectivity index (χ0v) is 10.5. The van der Waals surface area contributed by atoms with Crippen molar-refractivity contribution < 1.29 is 13.2 Å². The minimum Gasteiger partial charge on any atom is -0.338 e. The fourth-order valence-corrected chi connectivity index (χ4v) is 2.57. The number of sulfonamides is 1. The Balaban J connectivity index is 2.71. The van der Waals surface area contributed by atoms with Crippen molar-refractivity contribution in [2.45, 2.75) is 18.9 Å². The minimum absolute atomic E-state index is 0.118. The van der Waals surface area contributed by atoms with Gasteiger partial charge in [0.2, 0.25) is 15.9 Å². The molecule has 0 bridgehead atoms. The molecule has 0 spiro atoms. The molecule has 0 radical (unpaired) electrons. The summed E-state index contributed by atoms with van der Waals surface area (Å²) in [5, 5.41) is 0. The van der Waals surface area contributed by atoms with E-state index in [9.17, 15) is 13.2 Å². The van der Waals surface area contributed by atoms with Crippen LogP contribution in [0.3, 0.4) is 0 Å². The SMILES string of the molecule is C=CC(=O)N1CCCC(N(C)S(C)(=O)=O)C1. The van der Waals surface area contributed by atoms with E-state index in [0.29, 0.717) is 13.1 Å². The second kappa shape index (κ2) is 4.97. The lowest BCUT2D eigenvalue weighted by Gasteiger charge is -2.36. The van der Waals surface area contributed by atoms with Crippen LogP contribution < -0.4 is 0 Å². The van der Waals surface area contributed by atoms with E-state index in [0.717, 1.165) is 12.8 Å². The maximum atomic E-state index is 11.4. The van der Waals surface area contributed by atoms with Gasteiger partial charge in [0.25, 0.3) is 0 Å². The predicted molar refractivity (Wildman–Crippen MR) is 62.4 cm³/mol. The van der Waals surface area contributed by atoms with E-state index in [2.05, 4.69) is 6.58 Å². The molecule has 6 heteroatoms. The number of nitrogens with zero attached hydrogens (tertiary/aromatic N) is 2. The smallest absolute Gasteiger partial charge is 0.246 e. The zero-order valence-electron chi connectivity index (χ0n) is 9.72. The maximum absolute atomic E-state index is 11.4. The molecule has 0 N–H and O–H groups in total. The monoisotopic (exact) mass is 246 g/mol. The van der Waals surface area contributed by atoms with Crippen molar-refractivity contribution in [3.63, 3.8) is 0 Å². The van der Waals surface area contributed by atoms with Crippen molar-refractivity contribution in [1.82, 2.24) is 9.21 Å². The summed E-state index contributed by atoms with van der Waals surface area (Å²) in [4.78, 5) is 13.1. The third-order valence-corrected chi connectivity index (χ3v) is 4.26. The number of hydrogen-bond donors (Lipinski definition) is 0. The summed E-state index contributed by atoms with van der Waals surface area (Å²) >= 11 is 0. The average Bonchev–Trinajstić information content (AvgIpc) is 2.26. The lowest BCUT2D eigenvalue weighted by Crippen LogP contribution is -2.49. The van der Waals surface area contributed by atoms with E-state index >= 15 is 0 Å². The average molecular weight is 246 g/mol. The molecule has 1 aliphatic rings. The number of carbonyl (C=O) groups excluding carboxylic acids is 1. The number of likely N-dealkylation sites (tertiary alicyclic amines) is 1. The molecule has 0 saturated carbocycles. The summed E-state index contributed by atoms with van der Waals surface area (Å²) in [5.41, 5.74) is 0. The normalized spacial score (nSPS) is 22.2. The van der Waals surface area contributed by atoms with Gasteiger partial charge in [-0.05, 0) is 18.9 Å². The molecule has 16 heavy (non-hydrogen) atoms. The summed E-state index contributed by atoms with van der Waals surface area (Å²) in [6, 6.07) is -0.118. The van der Waals surface area contributed by atoms with Gasteiger partial charge >= 0.3 is 0 Å². The second-order valence-corrected chi connectivity index (χ2v) is 6.11. The first-order chi connectivity index (χ1) is 7.36. The van der Waals surface area contributed by atoms with E-state index in [1.807, 2.05) is 0 Å². The van der Waals surface area contributed by atoms with Crippen molar-refractivity contribution in [2.24, 2.45) is 0 Å². The molecular weight excluding hydrogens is 228 g/mol. The molecule has 92 valence electrons. The van der Waals surface area contributed by atoms with Crippen LogP contribution in [0.1, 0.15) is 12.8 Å². The highest BCUT2D eigenvalue weighted by molar-refractivity contribution is 7.88. The third-order valence-electron chi connectivity index (χ3n) is 2.92. The Hall–Kier alpha value is -0.880. The van der Waals surface area contributed by atoms with Crippen molar-refractivity contribution >= 4 is 15.9 Å². The van der Waals surface area contributed by atoms with Gasteiger partial charge in [0.1, 0.15) is 0 Å².